The molecule has 0 aliphatic carbocycles. The van der Waals surface area contributed by atoms with Gasteiger partial charge in [-0.1, -0.05) is 26.8 Å². The zero-order valence-corrected chi connectivity index (χ0v) is 17.1. The number of likely N-dealkylation sites (tertiary alicyclic amines) is 1. The zero-order valence-electron chi connectivity index (χ0n) is 15.4. The second-order valence-corrected chi connectivity index (χ2v) is 9.49. The summed E-state index contributed by atoms with van der Waals surface area (Å²) in [5, 5.41) is 8.05. The van der Waals surface area contributed by atoms with E-state index >= 15 is 0 Å². The Kier molecular flexibility index (Phi) is 5.77. The van der Waals surface area contributed by atoms with Gasteiger partial charge in [-0.15, -0.1) is 22.7 Å². The Morgan fingerprint density at radius 3 is 2.62 bits per heavy atom. The van der Waals surface area contributed by atoms with Crippen molar-refractivity contribution in [3.8, 4) is 9.88 Å². The minimum atomic E-state index is -0.346. The average molecular weight is 392 g/mol. The molecule has 0 saturated carbocycles. The molecule has 3 rings (SSSR count). The minimum Gasteiger partial charge on any atom is -0.353 e. The van der Waals surface area contributed by atoms with Crippen molar-refractivity contribution in [2.75, 3.05) is 13.1 Å². The van der Waals surface area contributed by atoms with E-state index in [-0.39, 0.29) is 23.3 Å². The molecule has 0 spiro atoms. The quantitative estimate of drug-likeness (QED) is 0.867. The number of hydrogen-bond acceptors (Lipinski definition) is 5. The van der Waals surface area contributed by atoms with Crippen LogP contribution in [0.25, 0.3) is 9.88 Å². The van der Waals surface area contributed by atoms with E-state index in [4.69, 9.17) is 0 Å². The van der Waals surface area contributed by atoms with Crippen molar-refractivity contribution in [2.24, 2.45) is 5.41 Å². The first-order chi connectivity index (χ1) is 12.3. The lowest BCUT2D eigenvalue weighted by molar-refractivity contribution is -0.140. The molecule has 5 nitrogen and oxygen atoms in total. The molecule has 2 aromatic heterocycles. The van der Waals surface area contributed by atoms with E-state index in [9.17, 15) is 9.59 Å². The van der Waals surface area contributed by atoms with Gasteiger partial charge >= 0.3 is 0 Å². The predicted octanol–water partition coefficient (Wildman–Crippen LogP) is 3.57. The number of aromatic nitrogens is 1. The highest BCUT2D eigenvalue weighted by atomic mass is 32.1. The Morgan fingerprint density at radius 1 is 1.27 bits per heavy atom. The van der Waals surface area contributed by atoms with E-state index in [2.05, 4.69) is 10.3 Å². The molecule has 1 aliphatic rings. The molecule has 1 N–H and O–H groups in total. The molecule has 2 aromatic rings. The van der Waals surface area contributed by atoms with Crippen LogP contribution in [0.5, 0.6) is 0 Å². The van der Waals surface area contributed by atoms with Crippen molar-refractivity contribution in [2.45, 2.75) is 46.1 Å². The monoisotopic (exact) mass is 391 g/mol. The van der Waals surface area contributed by atoms with Crippen LogP contribution < -0.4 is 5.32 Å². The molecule has 0 aromatic carbocycles. The molecule has 1 fully saturated rings. The highest BCUT2D eigenvalue weighted by molar-refractivity contribution is 7.20. The average Bonchev–Trinajstić information content (AvgIpc) is 3.25. The number of piperidine rings is 1. The van der Waals surface area contributed by atoms with E-state index < -0.39 is 0 Å². The maximum atomic E-state index is 12.3. The van der Waals surface area contributed by atoms with Crippen molar-refractivity contribution >= 4 is 34.5 Å². The highest BCUT2D eigenvalue weighted by Gasteiger charge is 2.30. The van der Waals surface area contributed by atoms with Crippen molar-refractivity contribution in [1.29, 1.82) is 0 Å². The summed E-state index contributed by atoms with van der Waals surface area (Å²) in [7, 11) is 0. The first-order valence-electron chi connectivity index (χ1n) is 8.90. The molecule has 2 amide bonds. The molecule has 1 aliphatic heterocycles. The third-order valence-electron chi connectivity index (χ3n) is 4.41. The first kappa shape index (κ1) is 19.0. The Bertz CT molecular complexity index is 754. The number of nitrogens with zero attached hydrogens (tertiary/aromatic N) is 2. The normalized spacial score (nSPS) is 15.9. The molecular weight excluding hydrogens is 366 g/mol. The van der Waals surface area contributed by atoms with Crippen LogP contribution in [-0.4, -0.2) is 40.8 Å². The van der Waals surface area contributed by atoms with Crippen LogP contribution in [0.3, 0.4) is 0 Å². The fourth-order valence-corrected chi connectivity index (χ4v) is 4.68. The fourth-order valence-electron chi connectivity index (χ4n) is 3.05. The van der Waals surface area contributed by atoms with Crippen LogP contribution in [0.2, 0.25) is 0 Å². The fraction of sp³-hybridized carbons (Fsp3) is 0.526. The molecule has 0 bridgehead atoms. The summed E-state index contributed by atoms with van der Waals surface area (Å²) >= 11 is 3.23. The molecule has 0 radical (unpaired) electrons. The molecule has 3 heterocycles. The van der Waals surface area contributed by atoms with Crippen LogP contribution in [-0.2, 0) is 16.0 Å². The summed E-state index contributed by atoms with van der Waals surface area (Å²) in [6.45, 7) is 7.26. The molecule has 7 heteroatoms. The van der Waals surface area contributed by atoms with E-state index in [0.29, 0.717) is 19.5 Å². The van der Waals surface area contributed by atoms with E-state index in [1.54, 1.807) is 22.7 Å². The van der Waals surface area contributed by atoms with Gasteiger partial charge in [-0.2, -0.15) is 0 Å². The maximum absolute atomic E-state index is 12.3. The van der Waals surface area contributed by atoms with Crippen molar-refractivity contribution in [3.05, 3.63) is 28.6 Å². The summed E-state index contributed by atoms with van der Waals surface area (Å²) < 4.78 is 0. The van der Waals surface area contributed by atoms with E-state index in [1.807, 2.05) is 48.6 Å². The summed E-state index contributed by atoms with van der Waals surface area (Å²) in [5.74, 6) is 0.194. The minimum absolute atomic E-state index is 0.00799. The number of thiazole rings is 1. The summed E-state index contributed by atoms with van der Waals surface area (Å²) in [6, 6.07) is 4.19. The van der Waals surface area contributed by atoms with Crippen LogP contribution in [0.1, 0.15) is 39.3 Å². The van der Waals surface area contributed by atoms with Crippen LogP contribution in [0.4, 0.5) is 0 Å². The van der Waals surface area contributed by atoms with Crippen LogP contribution >= 0.6 is 22.7 Å². The third kappa shape index (κ3) is 4.71. The van der Waals surface area contributed by atoms with Gasteiger partial charge in [-0.25, -0.2) is 4.98 Å². The zero-order chi connectivity index (χ0) is 18.7. The molecule has 0 unspecified atom stereocenters. The lowest BCUT2D eigenvalue weighted by atomic mass is 9.93. The number of hydrogen-bond donors (Lipinski definition) is 1. The first-order valence-corrected chi connectivity index (χ1v) is 10.7. The van der Waals surface area contributed by atoms with Gasteiger partial charge in [-0.3, -0.25) is 9.59 Å². The number of rotatable bonds is 4. The SMILES string of the molecule is CC(C)(C)C(=O)N1CCC(NC(=O)Cc2csc(-c3cccs3)n2)CC1. The Balaban J connectivity index is 1.47. The molecule has 0 atom stereocenters. The lowest BCUT2D eigenvalue weighted by Crippen LogP contribution is -2.49. The summed E-state index contributed by atoms with van der Waals surface area (Å²) in [5.41, 5.74) is 0.470. The summed E-state index contributed by atoms with van der Waals surface area (Å²) in [4.78, 5) is 32.3. The van der Waals surface area contributed by atoms with E-state index in [0.717, 1.165) is 28.4 Å². The van der Waals surface area contributed by atoms with Crippen molar-refractivity contribution in [1.82, 2.24) is 15.2 Å². The number of carbonyl (C=O) groups excluding carboxylic acids is 2. The smallest absolute Gasteiger partial charge is 0.227 e. The topological polar surface area (TPSA) is 62.3 Å². The van der Waals surface area contributed by atoms with Gasteiger partial charge in [0.05, 0.1) is 17.0 Å². The van der Waals surface area contributed by atoms with Crippen molar-refractivity contribution < 1.29 is 9.59 Å². The lowest BCUT2D eigenvalue weighted by Gasteiger charge is -2.36. The van der Waals surface area contributed by atoms with E-state index in [1.165, 1.54) is 0 Å². The number of thiophene rings is 1. The largest absolute Gasteiger partial charge is 0.353 e. The Labute approximate surface area is 162 Å². The van der Waals surface area contributed by atoms with Gasteiger partial charge in [0.1, 0.15) is 5.01 Å². The number of amides is 2. The maximum Gasteiger partial charge on any atom is 0.227 e. The Hall–Kier alpha value is -1.73. The Morgan fingerprint density at radius 2 is 2.00 bits per heavy atom. The van der Waals surface area contributed by atoms with Gasteiger partial charge in [0, 0.05) is 29.9 Å². The highest BCUT2D eigenvalue weighted by Crippen LogP contribution is 2.28. The van der Waals surface area contributed by atoms with Crippen LogP contribution in [0, 0.1) is 5.41 Å². The third-order valence-corrected chi connectivity index (χ3v) is 6.34. The van der Waals surface area contributed by atoms with Gasteiger partial charge in [0.25, 0.3) is 0 Å². The molecule has 26 heavy (non-hydrogen) atoms. The predicted molar refractivity (Wildman–Crippen MR) is 106 cm³/mol. The van der Waals surface area contributed by atoms with Gasteiger partial charge < -0.3 is 10.2 Å². The van der Waals surface area contributed by atoms with Gasteiger partial charge in [0.15, 0.2) is 0 Å². The second kappa shape index (κ2) is 7.88. The molecule has 140 valence electrons. The van der Waals surface area contributed by atoms with Crippen molar-refractivity contribution in [3.63, 3.8) is 0 Å². The van der Waals surface area contributed by atoms with Gasteiger partial charge in [-0.05, 0) is 24.3 Å². The number of carbonyl (C=O) groups is 2. The second-order valence-electron chi connectivity index (χ2n) is 7.68. The van der Waals surface area contributed by atoms with Gasteiger partial charge in [0.2, 0.25) is 11.8 Å². The molecule has 1 saturated heterocycles. The number of nitrogens with one attached hydrogen (secondary N) is 1. The van der Waals surface area contributed by atoms with Crippen LogP contribution in [0.15, 0.2) is 22.9 Å². The summed E-state index contributed by atoms with van der Waals surface area (Å²) in [6.07, 6.45) is 1.93. The molecular formula is C19H25N3O2S2. The standard InChI is InChI=1S/C19H25N3O2S2/c1-19(2,3)18(24)22-8-6-13(7-9-22)20-16(23)11-14-12-26-17(21-14)15-5-4-10-25-15/h4-5,10,12-13H,6-9,11H2,1-3H3,(H,20,23).